The van der Waals surface area contributed by atoms with E-state index in [4.69, 9.17) is 0 Å². The Morgan fingerprint density at radius 2 is 1.72 bits per heavy atom. The molecule has 1 aromatic heterocycles. The van der Waals surface area contributed by atoms with Crippen molar-refractivity contribution >= 4 is 5.57 Å². The highest BCUT2D eigenvalue weighted by atomic mass is 15.1. The molecule has 0 fully saturated rings. The van der Waals surface area contributed by atoms with Crippen molar-refractivity contribution in [2.75, 3.05) is 0 Å². The first-order valence-electron chi connectivity index (χ1n) is 9.11. The third-order valence-corrected chi connectivity index (χ3v) is 6.35. The summed E-state index contributed by atoms with van der Waals surface area (Å²) in [7, 11) is 2.20. The maximum absolute atomic E-state index is 2.46. The minimum atomic E-state index is 0.434. The van der Waals surface area contributed by atoms with Gasteiger partial charge in [-0.15, -0.1) is 0 Å². The Balaban J connectivity index is 1.87. The van der Waals surface area contributed by atoms with Crippen molar-refractivity contribution in [3.8, 4) is 0 Å². The Morgan fingerprint density at radius 3 is 2.48 bits per heavy atom. The zero-order valence-corrected chi connectivity index (χ0v) is 16.1. The van der Waals surface area contributed by atoms with Crippen LogP contribution < -0.4 is 4.57 Å². The number of aromatic nitrogens is 1. The second-order valence-corrected chi connectivity index (χ2v) is 7.59. The number of allylic oxidation sites excluding steroid dienone is 5. The number of hydrogen-bond donors (Lipinski definition) is 0. The molecule has 0 radical (unpaired) electrons. The fraction of sp³-hybridized carbons (Fsp3) is 0.348. The molecule has 2 unspecified atom stereocenters. The van der Waals surface area contributed by atoms with Gasteiger partial charge in [0, 0.05) is 41.9 Å². The van der Waals surface area contributed by atoms with Gasteiger partial charge in [-0.2, -0.15) is 4.57 Å². The van der Waals surface area contributed by atoms with E-state index in [1.165, 1.54) is 44.8 Å². The van der Waals surface area contributed by atoms with Crippen LogP contribution in [0, 0.1) is 33.6 Å². The van der Waals surface area contributed by atoms with E-state index in [1.54, 1.807) is 0 Å². The molecule has 0 saturated carbocycles. The normalized spacial score (nSPS) is 23.9. The maximum Gasteiger partial charge on any atom is 0.215 e. The van der Waals surface area contributed by atoms with Crippen molar-refractivity contribution in [3.63, 3.8) is 0 Å². The summed E-state index contributed by atoms with van der Waals surface area (Å²) in [6, 6.07) is 0.434. The lowest BCUT2D eigenvalue weighted by molar-refractivity contribution is -0.680. The molecule has 3 aliphatic rings. The molecular formula is C23H27N2+. The highest BCUT2D eigenvalue weighted by Crippen LogP contribution is 2.41. The van der Waals surface area contributed by atoms with Crippen molar-refractivity contribution in [2.45, 2.75) is 40.7 Å². The third kappa shape index (κ3) is 2.27. The lowest BCUT2D eigenvalue weighted by atomic mass is 9.82. The molecule has 0 spiro atoms. The number of nitrogens with zero attached hydrogens (tertiary/aromatic N) is 2. The van der Waals surface area contributed by atoms with E-state index in [0.29, 0.717) is 12.0 Å². The molecule has 3 heterocycles. The first-order chi connectivity index (χ1) is 11.9. The van der Waals surface area contributed by atoms with Gasteiger partial charge in [0.15, 0.2) is 5.69 Å². The second-order valence-electron chi connectivity index (χ2n) is 7.59. The van der Waals surface area contributed by atoms with Crippen LogP contribution in [0.1, 0.15) is 35.0 Å². The van der Waals surface area contributed by atoms with E-state index < -0.39 is 0 Å². The molecule has 0 aromatic carbocycles. The van der Waals surface area contributed by atoms with Gasteiger partial charge >= 0.3 is 0 Å². The van der Waals surface area contributed by atoms with E-state index in [0.717, 1.165) is 0 Å². The average Bonchev–Trinajstić information content (AvgIpc) is 2.96. The van der Waals surface area contributed by atoms with Gasteiger partial charge in [0.2, 0.25) is 5.69 Å². The molecule has 25 heavy (non-hydrogen) atoms. The summed E-state index contributed by atoms with van der Waals surface area (Å²) in [6.45, 7) is 11.2. The van der Waals surface area contributed by atoms with Crippen LogP contribution in [0.3, 0.4) is 0 Å². The average molecular weight is 331 g/mol. The molecule has 2 atom stereocenters. The van der Waals surface area contributed by atoms with Gasteiger partial charge in [-0.25, -0.2) is 0 Å². The summed E-state index contributed by atoms with van der Waals surface area (Å²) < 4.78 is 2.36. The standard InChI is InChI=1S/C23H27N2/c1-14-11-21-19(13-25-10-8-7-9-22(21)25)12-20(14)23-17(4)15(2)16(3)18(5)24(23)6/h7-13,21-22H,1-6H3/q+1. The first kappa shape index (κ1) is 16.1. The molecule has 128 valence electrons. The highest BCUT2D eigenvalue weighted by Gasteiger charge is 2.35. The Labute approximate surface area is 151 Å². The van der Waals surface area contributed by atoms with Crippen LogP contribution in [-0.4, -0.2) is 10.9 Å². The number of rotatable bonds is 1. The zero-order chi connectivity index (χ0) is 17.9. The van der Waals surface area contributed by atoms with Gasteiger partial charge in [0.05, 0.1) is 6.04 Å². The molecule has 2 nitrogen and oxygen atoms in total. The lowest BCUT2D eigenvalue weighted by Crippen LogP contribution is -2.39. The van der Waals surface area contributed by atoms with Crippen LogP contribution >= 0.6 is 0 Å². The van der Waals surface area contributed by atoms with Crippen LogP contribution in [0.25, 0.3) is 5.57 Å². The van der Waals surface area contributed by atoms with Gasteiger partial charge in [-0.05, 0) is 56.6 Å². The predicted molar refractivity (Wildman–Crippen MR) is 104 cm³/mol. The van der Waals surface area contributed by atoms with E-state index in [9.17, 15) is 0 Å². The van der Waals surface area contributed by atoms with Crippen LogP contribution in [0.5, 0.6) is 0 Å². The zero-order valence-electron chi connectivity index (χ0n) is 16.1. The lowest BCUT2D eigenvalue weighted by Gasteiger charge is -2.27. The second kappa shape index (κ2) is 5.59. The largest absolute Gasteiger partial charge is 0.346 e. The summed E-state index contributed by atoms with van der Waals surface area (Å²) in [6.07, 6.45) is 15.9. The topological polar surface area (TPSA) is 7.12 Å². The van der Waals surface area contributed by atoms with Crippen molar-refractivity contribution < 1.29 is 4.57 Å². The highest BCUT2D eigenvalue weighted by molar-refractivity contribution is 5.81. The van der Waals surface area contributed by atoms with Crippen molar-refractivity contribution in [2.24, 2.45) is 13.0 Å². The summed E-state index contributed by atoms with van der Waals surface area (Å²) >= 11 is 0. The molecule has 2 heteroatoms. The molecule has 0 saturated heterocycles. The number of pyridine rings is 1. The van der Waals surface area contributed by atoms with Crippen LogP contribution in [-0.2, 0) is 7.05 Å². The van der Waals surface area contributed by atoms with Gasteiger partial charge < -0.3 is 4.90 Å². The van der Waals surface area contributed by atoms with Crippen molar-refractivity contribution in [1.29, 1.82) is 0 Å². The quantitative estimate of drug-likeness (QED) is 0.694. The number of hydrogen-bond acceptors (Lipinski definition) is 1. The molecule has 0 amide bonds. The van der Waals surface area contributed by atoms with Gasteiger partial charge in [0.25, 0.3) is 0 Å². The molecule has 0 bridgehead atoms. The summed E-state index contributed by atoms with van der Waals surface area (Å²) in [5.74, 6) is 0.461. The molecule has 4 rings (SSSR count). The maximum atomic E-state index is 2.46. The van der Waals surface area contributed by atoms with E-state index >= 15 is 0 Å². The summed E-state index contributed by atoms with van der Waals surface area (Å²) in [5, 5.41) is 0. The molecule has 1 aromatic rings. The molecule has 1 aliphatic carbocycles. The third-order valence-electron chi connectivity index (χ3n) is 6.35. The minimum Gasteiger partial charge on any atom is -0.346 e. The van der Waals surface area contributed by atoms with E-state index in [2.05, 4.69) is 93.9 Å². The minimum absolute atomic E-state index is 0.434. The molecule has 2 aliphatic heterocycles. The Bertz CT molecular complexity index is 893. The van der Waals surface area contributed by atoms with Crippen LogP contribution in [0.15, 0.2) is 53.9 Å². The van der Waals surface area contributed by atoms with Crippen molar-refractivity contribution in [3.05, 3.63) is 82.0 Å². The predicted octanol–water partition coefficient (Wildman–Crippen LogP) is 4.36. The SMILES string of the molecule is CC1=CC2C(=CN3C=CC=CC23)C=C1c1c(C)c(C)c(C)c(C)[n+]1C. The Morgan fingerprint density at radius 1 is 0.960 bits per heavy atom. The number of fused-ring (bicyclic) bond motifs is 3. The molecule has 0 N–H and O–H groups in total. The first-order valence-corrected chi connectivity index (χ1v) is 9.11. The van der Waals surface area contributed by atoms with Crippen molar-refractivity contribution in [1.82, 2.24) is 4.90 Å². The molecular weight excluding hydrogens is 304 g/mol. The Hall–Kier alpha value is -2.35. The Kier molecular flexibility index (Phi) is 3.61. The smallest absolute Gasteiger partial charge is 0.215 e. The summed E-state index contributed by atoms with van der Waals surface area (Å²) in [4.78, 5) is 2.34. The van der Waals surface area contributed by atoms with E-state index in [-0.39, 0.29) is 0 Å². The van der Waals surface area contributed by atoms with Gasteiger partial charge in [-0.3, -0.25) is 0 Å². The van der Waals surface area contributed by atoms with Crippen LogP contribution in [0.2, 0.25) is 0 Å². The fourth-order valence-electron chi connectivity index (χ4n) is 4.42. The van der Waals surface area contributed by atoms with Crippen LogP contribution in [0.4, 0.5) is 0 Å². The van der Waals surface area contributed by atoms with Gasteiger partial charge in [-0.1, -0.05) is 18.2 Å². The fourth-order valence-corrected chi connectivity index (χ4v) is 4.42. The summed E-state index contributed by atoms with van der Waals surface area (Å²) in [5.41, 5.74) is 11.0. The monoisotopic (exact) mass is 331 g/mol. The van der Waals surface area contributed by atoms with Gasteiger partial charge in [0.1, 0.15) is 7.05 Å². The van der Waals surface area contributed by atoms with E-state index in [1.807, 2.05) is 0 Å².